The smallest absolute Gasteiger partial charge is 0.342 e. The van der Waals surface area contributed by atoms with Gasteiger partial charge in [-0.05, 0) is 49.7 Å². The first-order valence-electron chi connectivity index (χ1n) is 9.54. The van der Waals surface area contributed by atoms with E-state index in [1.165, 1.54) is 11.6 Å². The van der Waals surface area contributed by atoms with Crippen LogP contribution in [0.2, 0.25) is 0 Å². The van der Waals surface area contributed by atoms with Gasteiger partial charge in [-0.3, -0.25) is 0 Å². The average Bonchev–Trinajstić information content (AvgIpc) is 2.78. The van der Waals surface area contributed by atoms with Gasteiger partial charge in [0.25, 0.3) is 0 Å². The predicted octanol–water partition coefficient (Wildman–Crippen LogP) is 4.46. The fraction of sp³-hybridized carbons (Fsp3) is 0.591. The summed E-state index contributed by atoms with van der Waals surface area (Å²) in [4.78, 5) is 12.7. The zero-order chi connectivity index (χ0) is 19.1. The van der Waals surface area contributed by atoms with Crippen LogP contribution in [0.5, 0.6) is 5.75 Å². The minimum absolute atomic E-state index is 0.0771. The lowest BCUT2D eigenvalue weighted by Crippen LogP contribution is -2.50. The number of esters is 1. The summed E-state index contributed by atoms with van der Waals surface area (Å²) >= 11 is 0. The minimum atomic E-state index is -0.850. The zero-order valence-electron chi connectivity index (χ0n) is 16.2. The van der Waals surface area contributed by atoms with Crippen molar-refractivity contribution >= 4 is 5.97 Å². The normalized spacial score (nSPS) is 34.2. The summed E-state index contributed by atoms with van der Waals surface area (Å²) in [6.45, 7) is 8.34. The first kappa shape index (κ1) is 19.0. The minimum Gasteiger partial charge on any atom is -0.507 e. The predicted molar refractivity (Wildman–Crippen MR) is 101 cm³/mol. The van der Waals surface area contributed by atoms with Crippen LogP contribution in [0.15, 0.2) is 35.9 Å². The summed E-state index contributed by atoms with van der Waals surface area (Å²) < 4.78 is 5.93. The van der Waals surface area contributed by atoms with E-state index in [9.17, 15) is 15.0 Å². The molecule has 3 rings (SSSR count). The first-order chi connectivity index (χ1) is 12.2. The van der Waals surface area contributed by atoms with Crippen LogP contribution in [-0.4, -0.2) is 27.9 Å². The van der Waals surface area contributed by atoms with Crippen LogP contribution in [0.1, 0.15) is 63.7 Å². The molecule has 0 heterocycles. The molecule has 2 N–H and O–H groups in total. The standard InChI is InChI=1S/C22H30O4/c1-14(2)22(25)12-11-21(4)10-9-15(3)13-18(19(21)22)26-20(24)16-7-5-6-8-17(16)23/h5-9,14,18-19,23,25H,10-13H2,1-4H3/t18-,19+,21-,22+/m0/s1. The number of benzene rings is 1. The molecule has 1 aromatic carbocycles. The molecule has 0 amide bonds. The molecule has 1 aromatic rings. The van der Waals surface area contributed by atoms with Crippen molar-refractivity contribution in [2.45, 2.75) is 65.1 Å². The molecular formula is C22H30O4. The quantitative estimate of drug-likeness (QED) is 0.618. The molecule has 2 aliphatic rings. The number of carbonyl (C=O) groups excluding carboxylic acids is 1. The third-order valence-electron chi connectivity index (χ3n) is 6.58. The van der Waals surface area contributed by atoms with Gasteiger partial charge in [0.1, 0.15) is 17.4 Å². The van der Waals surface area contributed by atoms with Gasteiger partial charge in [-0.25, -0.2) is 4.79 Å². The SMILES string of the molecule is CC1=CC[C@@]2(C)CC[C@@](O)(C(C)C)[C@@H]2[C@@H](OC(=O)c2ccccc2O)C1. The molecule has 2 aliphatic carbocycles. The van der Waals surface area contributed by atoms with Crippen molar-refractivity contribution in [3.63, 3.8) is 0 Å². The summed E-state index contributed by atoms with van der Waals surface area (Å²) in [6, 6.07) is 6.44. The fourth-order valence-electron chi connectivity index (χ4n) is 4.93. The van der Waals surface area contributed by atoms with Crippen molar-refractivity contribution in [3.05, 3.63) is 41.5 Å². The van der Waals surface area contributed by atoms with E-state index in [1.807, 2.05) is 13.8 Å². The van der Waals surface area contributed by atoms with Gasteiger partial charge in [0.05, 0.1) is 5.60 Å². The van der Waals surface area contributed by atoms with Crippen LogP contribution in [0.25, 0.3) is 0 Å². The number of fused-ring (bicyclic) bond motifs is 1. The molecule has 0 aliphatic heterocycles. The fourth-order valence-corrected chi connectivity index (χ4v) is 4.93. The van der Waals surface area contributed by atoms with Gasteiger partial charge in [-0.1, -0.05) is 44.6 Å². The zero-order valence-corrected chi connectivity index (χ0v) is 16.2. The Hall–Kier alpha value is -1.81. The maximum atomic E-state index is 12.7. The van der Waals surface area contributed by atoms with Crippen LogP contribution in [0, 0.1) is 17.3 Å². The van der Waals surface area contributed by atoms with Crippen LogP contribution >= 0.6 is 0 Å². The van der Waals surface area contributed by atoms with Gasteiger partial charge in [-0.2, -0.15) is 0 Å². The Kier molecular flexibility index (Phi) is 4.91. The van der Waals surface area contributed by atoms with Gasteiger partial charge in [0, 0.05) is 12.3 Å². The van der Waals surface area contributed by atoms with E-state index in [4.69, 9.17) is 4.74 Å². The van der Waals surface area contributed by atoms with Crippen molar-refractivity contribution in [1.29, 1.82) is 0 Å². The van der Waals surface area contributed by atoms with Gasteiger partial charge in [0.2, 0.25) is 0 Å². The Morgan fingerprint density at radius 1 is 1.27 bits per heavy atom. The van der Waals surface area contributed by atoms with E-state index in [2.05, 4.69) is 19.9 Å². The highest BCUT2D eigenvalue weighted by molar-refractivity contribution is 5.92. The number of aromatic hydroxyl groups is 1. The Morgan fingerprint density at radius 3 is 2.62 bits per heavy atom. The number of phenols is 1. The number of allylic oxidation sites excluding steroid dienone is 1. The maximum absolute atomic E-state index is 12.7. The molecular weight excluding hydrogens is 328 g/mol. The number of aliphatic hydroxyl groups is 1. The molecule has 0 aromatic heterocycles. The summed E-state index contributed by atoms with van der Waals surface area (Å²) in [6.07, 6.45) is 4.98. The Bertz CT molecular complexity index is 723. The Labute approximate surface area is 155 Å². The molecule has 0 bridgehead atoms. The second kappa shape index (κ2) is 6.73. The van der Waals surface area contributed by atoms with Gasteiger partial charge < -0.3 is 14.9 Å². The molecule has 4 atom stereocenters. The third-order valence-corrected chi connectivity index (χ3v) is 6.58. The van der Waals surface area contributed by atoms with Crippen molar-refractivity contribution in [2.75, 3.05) is 0 Å². The third kappa shape index (κ3) is 3.16. The van der Waals surface area contributed by atoms with E-state index in [0.29, 0.717) is 6.42 Å². The number of ether oxygens (including phenoxy) is 1. The molecule has 1 fully saturated rings. The molecule has 4 nitrogen and oxygen atoms in total. The van der Waals surface area contributed by atoms with Crippen molar-refractivity contribution in [1.82, 2.24) is 0 Å². The molecule has 0 unspecified atom stereocenters. The topological polar surface area (TPSA) is 66.8 Å². The summed E-state index contributed by atoms with van der Waals surface area (Å²) in [7, 11) is 0. The van der Waals surface area contributed by atoms with E-state index >= 15 is 0 Å². The molecule has 0 radical (unpaired) electrons. The molecule has 1 saturated carbocycles. The van der Waals surface area contributed by atoms with Crippen molar-refractivity contribution in [3.8, 4) is 5.75 Å². The van der Waals surface area contributed by atoms with E-state index < -0.39 is 17.7 Å². The molecule has 0 saturated heterocycles. The number of para-hydroxylation sites is 1. The molecule has 4 heteroatoms. The van der Waals surface area contributed by atoms with Crippen molar-refractivity contribution < 1.29 is 19.7 Å². The highest BCUT2D eigenvalue weighted by Gasteiger charge is 2.59. The number of carbonyl (C=O) groups is 1. The van der Waals surface area contributed by atoms with Crippen LogP contribution in [0.3, 0.4) is 0 Å². The van der Waals surface area contributed by atoms with Gasteiger partial charge >= 0.3 is 5.97 Å². The lowest BCUT2D eigenvalue weighted by Gasteiger charge is -2.43. The van der Waals surface area contributed by atoms with Crippen molar-refractivity contribution in [2.24, 2.45) is 17.3 Å². The Balaban J connectivity index is 1.96. The highest BCUT2D eigenvalue weighted by Crippen LogP contribution is 2.58. The highest BCUT2D eigenvalue weighted by atomic mass is 16.5. The largest absolute Gasteiger partial charge is 0.507 e. The lowest BCUT2D eigenvalue weighted by molar-refractivity contribution is -0.112. The second-order valence-corrected chi connectivity index (χ2v) is 8.70. The summed E-state index contributed by atoms with van der Waals surface area (Å²) in [5, 5.41) is 21.5. The molecule has 0 spiro atoms. The summed E-state index contributed by atoms with van der Waals surface area (Å²) in [5.74, 6) is -0.646. The number of hydrogen-bond acceptors (Lipinski definition) is 4. The monoisotopic (exact) mass is 358 g/mol. The summed E-state index contributed by atoms with van der Waals surface area (Å²) in [5.41, 5.74) is 0.408. The van der Waals surface area contributed by atoms with E-state index in [-0.39, 0.29) is 28.6 Å². The molecule has 26 heavy (non-hydrogen) atoms. The second-order valence-electron chi connectivity index (χ2n) is 8.70. The first-order valence-corrected chi connectivity index (χ1v) is 9.54. The van der Waals surface area contributed by atoms with E-state index in [0.717, 1.165) is 19.3 Å². The van der Waals surface area contributed by atoms with Crippen LogP contribution in [-0.2, 0) is 4.74 Å². The number of phenolic OH excluding ortho intramolecular Hbond substituents is 1. The lowest BCUT2D eigenvalue weighted by atomic mass is 9.67. The van der Waals surface area contributed by atoms with Crippen LogP contribution < -0.4 is 0 Å². The average molecular weight is 358 g/mol. The molecule has 142 valence electrons. The van der Waals surface area contributed by atoms with Gasteiger partial charge in [0.15, 0.2) is 0 Å². The van der Waals surface area contributed by atoms with Gasteiger partial charge in [-0.15, -0.1) is 0 Å². The maximum Gasteiger partial charge on any atom is 0.342 e. The Morgan fingerprint density at radius 2 is 1.96 bits per heavy atom. The van der Waals surface area contributed by atoms with Crippen LogP contribution in [0.4, 0.5) is 0 Å². The number of rotatable bonds is 3. The number of hydrogen-bond donors (Lipinski definition) is 2. The van der Waals surface area contributed by atoms with E-state index in [1.54, 1.807) is 18.2 Å².